The minimum Gasteiger partial charge on any atom is -0.377 e. The normalized spacial score (nSPS) is 20.3. The van der Waals surface area contributed by atoms with Gasteiger partial charge in [0.1, 0.15) is 0 Å². The Balaban J connectivity index is 2.02. The Morgan fingerprint density at radius 2 is 2.29 bits per heavy atom. The summed E-state index contributed by atoms with van der Waals surface area (Å²) in [6.07, 6.45) is 6.31. The first kappa shape index (κ1) is 12.0. The predicted molar refractivity (Wildman–Crippen MR) is 64.3 cm³/mol. The van der Waals surface area contributed by atoms with Crippen molar-refractivity contribution in [3.63, 3.8) is 0 Å². The summed E-state index contributed by atoms with van der Waals surface area (Å²) in [4.78, 5) is 21.0. The third-order valence-corrected chi connectivity index (χ3v) is 2.86. The standard InChI is InChI=1S/C12H17N3O2/c1-2-17-11-4-3-5-15(8-11)12-13-6-10(9-16)7-14-12/h6-7,9,11H,2-5,8H2,1H3. The third-order valence-electron chi connectivity index (χ3n) is 2.86. The van der Waals surface area contributed by atoms with Gasteiger partial charge in [0, 0.05) is 32.1 Å². The molecule has 1 aliphatic heterocycles. The summed E-state index contributed by atoms with van der Waals surface area (Å²) in [5.41, 5.74) is 0.507. The molecule has 1 unspecified atom stereocenters. The number of carbonyl (C=O) groups is 1. The average Bonchev–Trinajstić information content (AvgIpc) is 2.40. The van der Waals surface area contributed by atoms with Gasteiger partial charge in [-0.05, 0) is 19.8 Å². The van der Waals surface area contributed by atoms with Crippen molar-refractivity contribution in [2.24, 2.45) is 0 Å². The van der Waals surface area contributed by atoms with Crippen LogP contribution in [-0.4, -0.2) is 42.1 Å². The molecule has 17 heavy (non-hydrogen) atoms. The highest BCUT2D eigenvalue weighted by Crippen LogP contribution is 2.17. The Hall–Kier alpha value is -1.49. The van der Waals surface area contributed by atoms with Crippen LogP contribution in [0.4, 0.5) is 5.95 Å². The van der Waals surface area contributed by atoms with Crippen molar-refractivity contribution in [2.45, 2.75) is 25.9 Å². The number of anilines is 1. The Bertz CT molecular complexity index is 365. The number of hydrogen-bond acceptors (Lipinski definition) is 5. The van der Waals surface area contributed by atoms with Gasteiger partial charge in [-0.1, -0.05) is 0 Å². The predicted octanol–water partition coefficient (Wildman–Crippen LogP) is 1.29. The van der Waals surface area contributed by atoms with E-state index < -0.39 is 0 Å². The molecule has 5 heteroatoms. The molecule has 1 fully saturated rings. The Labute approximate surface area is 101 Å². The molecular formula is C12H17N3O2. The second kappa shape index (κ2) is 5.72. The van der Waals surface area contributed by atoms with Crippen molar-refractivity contribution < 1.29 is 9.53 Å². The highest BCUT2D eigenvalue weighted by molar-refractivity contribution is 5.73. The summed E-state index contributed by atoms with van der Waals surface area (Å²) in [6, 6.07) is 0. The van der Waals surface area contributed by atoms with E-state index in [1.165, 1.54) is 0 Å². The van der Waals surface area contributed by atoms with E-state index in [0.717, 1.165) is 38.8 Å². The van der Waals surface area contributed by atoms with Gasteiger partial charge in [-0.15, -0.1) is 0 Å². The molecule has 0 spiro atoms. The molecule has 0 saturated carbocycles. The van der Waals surface area contributed by atoms with Gasteiger partial charge in [0.15, 0.2) is 6.29 Å². The van der Waals surface area contributed by atoms with Crippen LogP contribution < -0.4 is 4.90 Å². The first-order chi connectivity index (χ1) is 8.33. The van der Waals surface area contributed by atoms with Crippen LogP contribution in [0.3, 0.4) is 0 Å². The van der Waals surface area contributed by atoms with Gasteiger partial charge in [-0.25, -0.2) is 9.97 Å². The van der Waals surface area contributed by atoms with Crippen molar-refractivity contribution in [1.29, 1.82) is 0 Å². The Kier molecular flexibility index (Phi) is 4.03. The zero-order valence-corrected chi connectivity index (χ0v) is 10.0. The topological polar surface area (TPSA) is 55.3 Å². The lowest BCUT2D eigenvalue weighted by Gasteiger charge is -2.32. The largest absolute Gasteiger partial charge is 0.377 e. The molecule has 0 bridgehead atoms. The third kappa shape index (κ3) is 3.00. The van der Waals surface area contributed by atoms with Crippen LogP contribution >= 0.6 is 0 Å². The molecule has 1 aromatic heterocycles. The number of nitrogens with zero attached hydrogens (tertiary/aromatic N) is 3. The molecule has 0 aliphatic carbocycles. The van der Waals surface area contributed by atoms with E-state index in [9.17, 15) is 4.79 Å². The quantitative estimate of drug-likeness (QED) is 0.736. The lowest BCUT2D eigenvalue weighted by atomic mass is 10.1. The van der Waals surface area contributed by atoms with Crippen LogP contribution in [-0.2, 0) is 4.74 Å². The number of hydrogen-bond donors (Lipinski definition) is 0. The summed E-state index contributed by atoms with van der Waals surface area (Å²) in [5, 5.41) is 0. The molecule has 0 aromatic carbocycles. The molecule has 2 rings (SSSR count). The van der Waals surface area contributed by atoms with E-state index in [0.29, 0.717) is 11.5 Å². The van der Waals surface area contributed by atoms with Crippen molar-refractivity contribution in [3.05, 3.63) is 18.0 Å². The van der Waals surface area contributed by atoms with Crippen molar-refractivity contribution >= 4 is 12.2 Å². The van der Waals surface area contributed by atoms with Crippen LogP contribution in [0.5, 0.6) is 0 Å². The summed E-state index contributed by atoms with van der Waals surface area (Å²) in [6.45, 7) is 4.52. The molecule has 5 nitrogen and oxygen atoms in total. The molecule has 0 radical (unpaired) electrons. The Morgan fingerprint density at radius 1 is 1.53 bits per heavy atom. The molecule has 1 aliphatic rings. The molecule has 0 N–H and O–H groups in total. The minimum absolute atomic E-state index is 0.267. The number of rotatable bonds is 4. The van der Waals surface area contributed by atoms with E-state index >= 15 is 0 Å². The minimum atomic E-state index is 0.267. The highest BCUT2D eigenvalue weighted by atomic mass is 16.5. The fraction of sp³-hybridized carbons (Fsp3) is 0.583. The number of aldehydes is 1. The molecule has 1 saturated heterocycles. The smallest absolute Gasteiger partial charge is 0.225 e. The van der Waals surface area contributed by atoms with Gasteiger partial charge < -0.3 is 9.64 Å². The van der Waals surface area contributed by atoms with E-state index in [4.69, 9.17) is 4.74 Å². The number of aromatic nitrogens is 2. The molecule has 92 valence electrons. The summed E-state index contributed by atoms with van der Waals surface area (Å²) in [5.74, 6) is 0.681. The maximum absolute atomic E-state index is 10.5. The van der Waals surface area contributed by atoms with Crippen LogP contribution in [0.15, 0.2) is 12.4 Å². The summed E-state index contributed by atoms with van der Waals surface area (Å²) in [7, 11) is 0. The van der Waals surface area contributed by atoms with Crippen molar-refractivity contribution in [2.75, 3.05) is 24.6 Å². The van der Waals surface area contributed by atoms with E-state index in [1.807, 2.05) is 6.92 Å². The van der Waals surface area contributed by atoms with Crippen molar-refractivity contribution in [3.8, 4) is 0 Å². The second-order valence-corrected chi connectivity index (χ2v) is 4.10. The summed E-state index contributed by atoms with van der Waals surface area (Å²) < 4.78 is 5.63. The first-order valence-electron chi connectivity index (χ1n) is 5.97. The van der Waals surface area contributed by atoms with Crippen LogP contribution in [0.25, 0.3) is 0 Å². The van der Waals surface area contributed by atoms with E-state index in [-0.39, 0.29) is 6.10 Å². The van der Waals surface area contributed by atoms with Gasteiger partial charge in [0.25, 0.3) is 0 Å². The summed E-state index contributed by atoms with van der Waals surface area (Å²) >= 11 is 0. The number of carbonyl (C=O) groups excluding carboxylic acids is 1. The van der Waals surface area contributed by atoms with Crippen LogP contribution in [0.1, 0.15) is 30.1 Å². The van der Waals surface area contributed by atoms with Gasteiger partial charge in [0.2, 0.25) is 5.95 Å². The van der Waals surface area contributed by atoms with Gasteiger partial charge in [0.05, 0.1) is 11.7 Å². The fourth-order valence-corrected chi connectivity index (χ4v) is 2.05. The van der Waals surface area contributed by atoms with Gasteiger partial charge in [-0.2, -0.15) is 0 Å². The highest BCUT2D eigenvalue weighted by Gasteiger charge is 2.21. The second-order valence-electron chi connectivity index (χ2n) is 4.10. The monoisotopic (exact) mass is 235 g/mol. The molecule has 1 atom stereocenters. The first-order valence-corrected chi connectivity index (χ1v) is 5.97. The molecule has 0 amide bonds. The van der Waals surface area contributed by atoms with Gasteiger partial charge in [-0.3, -0.25) is 4.79 Å². The average molecular weight is 235 g/mol. The fourth-order valence-electron chi connectivity index (χ4n) is 2.05. The zero-order valence-electron chi connectivity index (χ0n) is 10.0. The van der Waals surface area contributed by atoms with Crippen molar-refractivity contribution in [1.82, 2.24) is 9.97 Å². The van der Waals surface area contributed by atoms with E-state index in [1.54, 1.807) is 12.4 Å². The van der Waals surface area contributed by atoms with Crippen LogP contribution in [0, 0.1) is 0 Å². The Morgan fingerprint density at radius 3 is 2.94 bits per heavy atom. The lowest BCUT2D eigenvalue weighted by molar-refractivity contribution is 0.0523. The lowest BCUT2D eigenvalue weighted by Crippen LogP contribution is -2.40. The molecular weight excluding hydrogens is 218 g/mol. The maximum atomic E-state index is 10.5. The SMILES string of the molecule is CCOC1CCCN(c2ncc(C=O)cn2)C1. The molecule has 1 aromatic rings. The van der Waals surface area contributed by atoms with E-state index in [2.05, 4.69) is 14.9 Å². The van der Waals surface area contributed by atoms with Crippen LogP contribution in [0.2, 0.25) is 0 Å². The maximum Gasteiger partial charge on any atom is 0.225 e. The molecule has 2 heterocycles. The zero-order chi connectivity index (χ0) is 12.1. The number of piperidine rings is 1. The number of ether oxygens (including phenoxy) is 1. The van der Waals surface area contributed by atoms with Gasteiger partial charge >= 0.3 is 0 Å².